The summed E-state index contributed by atoms with van der Waals surface area (Å²) < 4.78 is 59.1. The van der Waals surface area contributed by atoms with Gasteiger partial charge in [0, 0.05) is 24.1 Å². The molecule has 2 saturated heterocycles. The standard InChI is InChI=1S/C14H13F4NO2/c15-9-3-10(16)13(18)11(12(9)17)14(20)6-1-7-4-21-5-8(2-6)19-7/h3,6-8,19H,1-2,4-5H2. The van der Waals surface area contributed by atoms with Crippen LogP contribution in [0.5, 0.6) is 0 Å². The Morgan fingerprint density at radius 1 is 1.05 bits per heavy atom. The molecule has 1 N–H and O–H groups in total. The molecule has 0 aliphatic carbocycles. The highest BCUT2D eigenvalue weighted by molar-refractivity contribution is 5.98. The summed E-state index contributed by atoms with van der Waals surface area (Å²) in [4.78, 5) is 12.3. The molecule has 0 amide bonds. The lowest BCUT2D eigenvalue weighted by atomic mass is 9.82. The number of hydrogen-bond donors (Lipinski definition) is 1. The number of hydrogen-bond acceptors (Lipinski definition) is 3. The van der Waals surface area contributed by atoms with E-state index in [1.165, 1.54) is 0 Å². The van der Waals surface area contributed by atoms with Crippen molar-refractivity contribution >= 4 is 5.78 Å². The second-order valence-electron chi connectivity index (χ2n) is 5.47. The molecule has 0 saturated carbocycles. The molecule has 0 radical (unpaired) electrons. The quantitative estimate of drug-likeness (QED) is 0.517. The average Bonchev–Trinajstić information content (AvgIpc) is 2.45. The van der Waals surface area contributed by atoms with Crippen LogP contribution < -0.4 is 5.32 Å². The summed E-state index contributed by atoms with van der Waals surface area (Å²) in [6.07, 6.45) is 0.651. The molecule has 1 aromatic rings. The highest BCUT2D eigenvalue weighted by atomic mass is 19.2. The first-order valence-electron chi connectivity index (χ1n) is 6.68. The van der Waals surface area contributed by atoms with Crippen LogP contribution in [-0.2, 0) is 4.74 Å². The average molecular weight is 303 g/mol. The van der Waals surface area contributed by atoms with E-state index in [1.807, 2.05) is 0 Å². The number of ether oxygens (including phenoxy) is 1. The highest BCUT2D eigenvalue weighted by Gasteiger charge is 2.38. The zero-order valence-corrected chi connectivity index (χ0v) is 11.0. The molecule has 2 bridgehead atoms. The third-order valence-corrected chi connectivity index (χ3v) is 3.98. The number of halogens is 4. The van der Waals surface area contributed by atoms with Crippen molar-refractivity contribution in [3.8, 4) is 0 Å². The van der Waals surface area contributed by atoms with E-state index in [0.717, 1.165) is 0 Å². The number of ketones is 1. The highest BCUT2D eigenvalue weighted by Crippen LogP contribution is 2.30. The van der Waals surface area contributed by atoms with Crippen molar-refractivity contribution in [3.05, 3.63) is 34.9 Å². The van der Waals surface area contributed by atoms with Crippen LogP contribution in [-0.4, -0.2) is 31.1 Å². The summed E-state index contributed by atoms with van der Waals surface area (Å²) >= 11 is 0. The number of rotatable bonds is 2. The van der Waals surface area contributed by atoms with E-state index in [2.05, 4.69) is 5.32 Å². The molecule has 7 heteroatoms. The van der Waals surface area contributed by atoms with E-state index in [4.69, 9.17) is 4.74 Å². The van der Waals surface area contributed by atoms with Crippen LogP contribution in [0, 0.1) is 29.2 Å². The maximum atomic E-state index is 13.7. The summed E-state index contributed by atoms with van der Waals surface area (Å²) in [5.41, 5.74) is -1.11. The Balaban J connectivity index is 1.92. The zero-order chi connectivity index (χ0) is 15.1. The number of carbonyl (C=O) groups is 1. The van der Waals surface area contributed by atoms with E-state index in [0.29, 0.717) is 26.1 Å². The number of nitrogens with one attached hydrogen (secondary N) is 1. The Hall–Kier alpha value is -1.47. The number of morpholine rings is 1. The Kier molecular flexibility index (Phi) is 3.71. The van der Waals surface area contributed by atoms with Crippen LogP contribution >= 0.6 is 0 Å². The largest absolute Gasteiger partial charge is 0.378 e. The first kappa shape index (κ1) is 14.5. The molecule has 21 heavy (non-hydrogen) atoms. The van der Waals surface area contributed by atoms with Crippen molar-refractivity contribution < 1.29 is 27.1 Å². The number of carbonyl (C=O) groups excluding carboxylic acids is 1. The van der Waals surface area contributed by atoms with Gasteiger partial charge in [-0.2, -0.15) is 0 Å². The van der Waals surface area contributed by atoms with E-state index in [1.54, 1.807) is 0 Å². The molecule has 2 aliphatic heterocycles. The lowest BCUT2D eigenvalue weighted by Crippen LogP contribution is -2.55. The first-order valence-corrected chi connectivity index (χ1v) is 6.68. The molecule has 1 aromatic carbocycles. The third kappa shape index (κ3) is 2.55. The van der Waals surface area contributed by atoms with Crippen molar-refractivity contribution in [2.45, 2.75) is 24.9 Å². The smallest absolute Gasteiger partial charge is 0.172 e. The second kappa shape index (κ2) is 5.38. The molecule has 2 unspecified atom stereocenters. The van der Waals surface area contributed by atoms with Gasteiger partial charge in [0.1, 0.15) is 0 Å². The molecule has 0 aromatic heterocycles. The van der Waals surface area contributed by atoms with Crippen LogP contribution in [0.2, 0.25) is 0 Å². The number of benzene rings is 1. The second-order valence-corrected chi connectivity index (χ2v) is 5.47. The molecule has 3 rings (SSSR count). The van der Waals surface area contributed by atoms with Crippen LogP contribution in [0.3, 0.4) is 0 Å². The van der Waals surface area contributed by atoms with Crippen molar-refractivity contribution in [1.82, 2.24) is 5.32 Å². The fourth-order valence-electron chi connectivity index (χ4n) is 3.05. The van der Waals surface area contributed by atoms with Gasteiger partial charge in [0.25, 0.3) is 0 Å². The number of Topliss-reactive ketones (excluding diaryl/α,β-unsaturated/α-hetero) is 1. The van der Waals surface area contributed by atoms with Crippen LogP contribution in [0.15, 0.2) is 6.07 Å². The number of piperidine rings is 1. The van der Waals surface area contributed by atoms with Gasteiger partial charge in [-0.15, -0.1) is 0 Å². The summed E-state index contributed by atoms with van der Waals surface area (Å²) in [6.45, 7) is 0.811. The Morgan fingerprint density at radius 3 is 2.10 bits per heavy atom. The molecule has 2 heterocycles. The molecule has 0 spiro atoms. The van der Waals surface area contributed by atoms with Crippen molar-refractivity contribution in [1.29, 1.82) is 0 Å². The van der Waals surface area contributed by atoms with Crippen molar-refractivity contribution in [2.24, 2.45) is 5.92 Å². The minimum absolute atomic E-state index is 0.0871. The maximum absolute atomic E-state index is 13.7. The predicted molar refractivity (Wildman–Crippen MR) is 64.9 cm³/mol. The van der Waals surface area contributed by atoms with Gasteiger partial charge in [-0.1, -0.05) is 0 Å². The Bertz CT molecular complexity index is 555. The van der Waals surface area contributed by atoms with Crippen LogP contribution in [0.25, 0.3) is 0 Å². The lowest BCUT2D eigenvalue weighted by molar-refractivity contribution is 0.00934. The molecule has 3 nitrogen and oxygen atoms in total. The Morgan fingerprint density at radius 2 is 1.57 bits per heavy atom. The molecule has 2 atom stereocenters. The van der Waals surface area contributed by atoms with Gasteiger partial charge in [0.15, 0.2) is 29.1 Å². The minimum atomic E-state index is -1.63. The third-order valence-electron chi connectivity index (χ3n) is 3.98. The van der Waals surface area contributed by atoms with Crippen LogP contribution in [0.1, 0.15) is 23.2 Å². The van der Waals surface area contributed by atoms with Gasteiger partial charge < -0.3 is 10.1 Å². The lowest BCUT2D eigenvalue weighted by Gasteiger charge is -2.39. The van der Waals surface area contributed by atoms with Crippen molar-refractivity contribution in [2.75, 3.05) is 13.2 Å². The summed E-state index contributed by atoms with van der Waals surface area (Å²) in [5, 5.41) is 3.23. The molecule has 2 aliphatic rings. The van der Waals surface area contributed by atoms with E-state index >= 15 is 0 Å². The normalized spacial score (nSPS) is 28.5. The maximum Gasteiger partial charge on any atom is 0.172 e. The van der Waals surface area contributed by atoms with E-state index in [9.17, 15) is 22.4 Å². The van der Waals surface area contributed by atoms with Crippen LogP contribution in [0.4, 0.5) is 17.6 Å². The topological polar surface area (TPSA) is 38.3 Å². The van der Waals surface area contributed by atoms with E-state index < -0.39 is 40.5 Å². The van der Waals surface area contributed by atoms with Crippen molar-refractivity contribution in [3.63, 3.8) is 0 Å². The van der Waals surface area contributed by atoms with Gasteiger partial charge in [0.05, 0.1) is 18.8 Å². The molecule has 2 fully saturated rings. The summed E-state index contributed by atoms with van der Waals surface area (Å²) in [7, 11) is 0. The van der Waals surface area contributed by atoms with E-state index in [-0.39, 0.29) is 18.2 Å². The van der Waals surface area contributed by atoms with Gasteiger partial charge in [-0.3, -0.25) is 4.79 Å². The predicted octanol–water partition coefficient (Wildman–Crippen LogP) is 2.19. The minimum Gasteiger partial charge on any atom is -0.378 e. The monoisotopic (exact) mass is 303 g/mol. The van der Waals surface area contributed by atoms with Gasteiger partial charge in [-0.05, 0) is 12.8 Å². The molecular formula is C14H13F4NO2. The van der Waals surface area contributed by atoms with Gasteiger partial charge in [0.2, 0.25) is 0 Å². The molecular weight excluding hydrogens is 290 g/mol. The first-order chi connectivity index (χ1) is 9.97. The fraction of sp³-hybridized carbons (Fsp3) is 0.500. The number of fused-ring (bicyclic) bond motifs is 2. The SMILES string of the molecule is O=C(c1c(F)c(F)cc(F)c1F)C1CC2COCC(C1)N2. The molecule has 114 valence electrons. The van der Waals surface area contributed by atoms with Gasteiger partial charge in [-0.25, -0.2) is 17.6 Å². The zero-order valence-electron chi connectivity index (χ0n) is 11.0. The fourth-order valence-corrected chi connectivity index (χ4v) is 3.05. The van der Waals surface area contributed by atoms with Gasteiger partial charge >= 0.3 is 0 Å². The summed E-state index contributed by atoms with van der Waals surface area (Å²) in [6, 6.07) is -0.0705. The Labute approximate surface area is 118 Å². The summed E-state index contributed by atoms with van der Waals surface area (Å²) in [5.74, 6) is -7.93.